The van der Waals surface area contributed by atoms with Gasteiger partial charge in [0.2, 0.25) is 0 Å². The monoisotopic (exact) mass is 333 g/mol. The summed E-state index contributed by atoms with van der Waals surface area (Å²) in [5, 5.41) is 10.0. The molecule has 1 aromatic rings. The Morgan fingerprint density at radius 3 is 3.00 bits per heavy atom. The third kappa shape index (κ3) is 5.35. The van der Waals surface area contributed by atoms with Crippen LogP contribution < -0.4 is 0 Å². The fourth-order valence-electron chi connectivity index (χ4n) is 2.77. The predicted octanol–water partition coefficient (Wildman–Crippen LogP) is 2.88. The average Bonchev–Trinajstić information content (AvgIpc) is 3.08. The molecule has 1 heterocycles. The number of rotatable bonds is 9. The standard InChI is InChI=1S/C19H27NO4/c1-3-4-11-23-15(2)19(22)20(14-17-9-7-12-24-17)13-16-8-5-6-10-18(16)21/h3,5-6,8,10,15,17,21H,1,4,7,9,11-14H2,2H3. The molecule has 1 saturated heterocycles. The fourth-order valence-corrected chi connectivity index (χ4v) is 2.77. The minimum atomic E-state index is -0.530. The van der Waals surface area contributed by atoms with Crippen molar-refractivity contribution < 1.29 is 19.4 Å². The molecule has 2 atom stereocenters. The van der Waals surface area contributed by atoms with Crippen LogP contribution in [0, 0.1) is 0 Å². The Morgan fingerprint density at radius 1 is 1.54 bits per heavy atom. The second-order valence-electron chi connectivity index (χ2n) is 6.07. The smallest absolute Gasteiger partial charge is 0.251 e. The van der Waals surface area contributed by atoms with Crippen molar-refractivity contribution in [3.05, 3.63) is 42.5 Å². The topological polar surface area (TPSA) is 59.0 Å². The van der Waals surface area contributed by atoms with Gasteiger partial charge in [0.05, 0.1) is 12.7 Å². The minimum absolute atomic E-state index is 0.0557. The predicted molar refractivity (Wildman–Crippen MR) is 92.7 cm³/mol. The first-order valence-electron chi connectivity index (χ1n) is 8.51. The van der Waals surface area contributed by atoms with E-state index in [2.05, 4.69) is 6.58 Å². The number of ether oxygens (including phenoxy) is 2. The molecule has 5 heteroatoms. The zero-order chi connectivity index (χ0) is 17.4. The first kappa shape index (κ1) is 18.5. The lowest BCUT2D eigenvalue weighted by molar-refractivity contribution is -0.144. The Morgan fingerprint density at radius 2 is 2.33 bits per heavy atom. The zero-order valence-electron chi connectivity index (χ0n) is 14.3. The number of aromatic hydroxyl groups is 1. The number of hydrogen-bond acceptors (Lipinski definition) is 4. The van der Waals surface area contributed by atoms with E-state index < -0.39 is 6.10 Å². The van der Waals surface area contributed by atoms with Gasteiger partial charge in [-0.15, -0.1) is 6.58 Å². The molecule has 2 unspecified atom stereocenters. The lowest BCUT2D eigenvalue weighted by Crippen LogP contribution is -2.42. The van der Waals surface area contributed by atoms with E-state index in [9.17, 15) is 9.90 Å². The third-order valence-corrected chi connectivity index (χ3v) is 4.15. The molecule has 0 aromatic heterocycles. The average molecular weight is 333 g/mol. The number of carbonyl (C=O) groups is 1. The first-order chi connectivity index (χ1) is 11.6. The molecule has 5 nitrogen and oxygen atoms in total. The Kier molecular flexibility index (Phi) is 7.28. The quantitative estimate of drug-likeness (QED) is 0.558. The summed E-state index contributed by atoms with van der Waals surface area (Å²) in [6, 6.07) is 7.09. The molecule has 0 saturated carbocycles. The van der Waals surface area contributed by atoms with E-state index in [-0.39, 0.29) is 17.8 Å². The maximum absolute atomic E-state index is 12.8. The maximum atomic E-state index is 12.8. The number of nitrogens with zero attached hydrogens (tertiary/aromatic N) is 1. The van der Waals surface area contributed by atoms with E-state index in [4.69, 9.17) is 9.47 Å². The highest BCUT2D eigenvalue weighted by molar-refractivity contribution is 5.80. The SMILES string of the molecule is C=CCCOC(C)C(=O)N(Cc1ccccc1O)CC1CCCO1. The van der Waals surface area contributed by atoms with Gasteiger partial charge in [-0.05, 0) is 32.3 Å². The summed E-state index contributed by atoms with van der Waals surface area (Å²) in [5.41, 5.74) is 0.724. The largest absolute Gasteiger partial charge is 0.508 e. The van der Waals surface area contributed by atoms with Gasteiger partial charge in [-0.3, -0.25) is 4.79 Å². The summed E-state index contributed by atoms with van der Waals surface area (Å²) >= 11 is 0. The Balaban J connectivity index is 2.04. The molecular formula is C19H27NO4. The lowest BCUT2D eigenvalue weighted by Gasteiger charge is -2.28. The number of benzene rings is 1. The normalized spacial score (nSPS) is 18.3. The Bertz CT molecular complexity index is 540. The van der Waals surface area contributed by atoms with Crippen molar-refractivity contribution in [1.29, 1.82) is 0 Å². The van der Waals surface area contributed by atoms with Crippen molar-refractivity contribution in [2.45, 2.75) is 44.9 Å². The highest BCUT2D eigenvalue weighted by Crippen LogP contribution is 2.21. The third-order valence-electron chi connectivity index (χ3n) is 4.15. The summed E-state index contributed by atoms with van der Waals surface area (Å²) in [5.74, 6) is 0.112. The van der Waals surface area contributed by atoms with Crippen molar-refractivity contribution in [1.82, 2.24) is 4.90 Å². The molecule has 2 rings (SSSR count). The summed E-state index contributed by atoms with van der Waals surface area (Å²) < 4.78 is 11.3. The number of phenolic OH excluding ortho intramolecular Hbond substituents is 1. The Hall–Kier alpha value is -1.85. The van der Waals surface area contributed by atoms with Gasteiger partial charge in [0, 0.05) is 25.3 Å². The Labute approximate surface area is 143 Å². The molecule has 1 aliphatic rings. The van der Waals surface area contributed by atoms with E-state index in [1.165, 1.54) is 0 Å². The summed E-state index contributed by atoms with van der Waals surface area (Å²) in [7, 11) is 0. The van der Waals surface area contributed by atoms with Crippen LogP contribution in [-0.4, -0.2) is 47.9 Å². The molecule has 0 spiro atoms. The molecule has 0 aliphatic carbocycles. The van der Waals surface area contributed by atoms with Crippen molar-refractivity contribution in [2.24, 2.45) is 0 Å². The molecule has 1 aliphatic heterocycles. The minimum Gasteiger partial charge on any atom is -0.508 e. The van der Waals surface area contributed by atoms with Gasteiger partial charge in [0.15, 0.2) is 0 Å². The second-order valence-corrected chi connectivity index (χ2v) is 6.07. The van der Waals surface area contributed by atoms with Crippen molar-refractivity contribution in [2.75, 3.05) is 19.8 Å². The zero-order valence-corrected chi connectivity index (χ0v) is 14.3. The van der Waals surface area contributed by atoms with Crippen molar-refractivity contribution in [3.63, 3.8) is 0 Å². The number of para-hydroxylation sites is 1. The van der Waals surface area contributed by atoms with Crippen molar-refractivity contribution >= 4 is 5.91 Å². The van der Waals surface area contributed by atoms with Crippen LogP contribution in [0.5, 0.6) is 5.75 Å². The molecule has 0 radical (unpaired) electrons. The molecule has 1 N–H and O–H groups in total. The molecule has 1 aromatic carbocycles. The van der Waals surface area contributed by atoms with E-state index >= 15 is 0 Å². The lowest BCUT2D eigenvalue weighted by atomic mass is 10.1. The van der Waals surface area contributed by atoms with Gasteiger partial charge < -0.3 is 19.5 Å². The van der Waals surface area contributed by atoms with Crippen LogP contribution in [0.4, 0.5) is 0 Å². The van der Waals surface area contributed by atoms with Gasteiger partial charge >= 0.3 is 0 Å². The van der Waals surface area contributed by atoms with Crippen LogP contribution in [0.2, 0.25) is 0 Å². The van der Waals surface area contributed by atoms with Crippen LogP contribution in [0.15, 0.2) is 36.9 Å². The molecule has 1 fully saturated rings. The van der Waals surface area contributed by atoms with Crippen LogP contribution in [0.3, 0.4) is 0 Å². The molecular weight excluding hydrogens is 306 g/mol. The van der Waals surface area contributed by atoms with Crippen LogP contribution in [0.1, 0.15) is 31.7 Å². The summed E-state index contributed by atoms with van der Waals surface area (Å²) in [6.07, 6.45) is 3.98. The number of hydrogen-bond donors (Lipinski definition) is 1. The molecule has 24 heavy (non-hydrogen) atoms. The van der Waals surface area contributed by atoms with Gasteiger partial charge in [-0.1, -0.05) is 24.3 Å². The van der Waals surface area contributed by atoms with Gasteiger partial charge in [0.25, 0.3) is 5.91 Å². The second kappa shape index (κ2) is 9.45. The highest BCUT2D eigenvalue weighted by Gasteiger charge is 2.26. The van der Waals surface area contributed by atoms with E-state index in [0.717, 1.165) is 25.0 Å². The first-order valence-corrected chi connectivity index (χ1v) is 8.51. The van der Waals surface area contributed by atoms with Crippen LogP contribution in [-0.2, 0) is 20.8 Å². The van der Waals surface area contributed by atoms with E-state index in [0.29, 0.717) is 26.1 Å². The van der Waals surface area contributed by atoms with Crippen molar-refractivity contribution in [3.8, 4) is 5.75 Å². The van der Waals surface area contributed by atoms with Crippen LogP contribution >= 0.6 is 0 Å². The van der Waals surface area contributed by atoms with E-state index in [1.54, 1.807) is 30.0 Å². The number of phenols is 1. The van der Waals surface area contributed by atoms with E-state index in [1.807, 2.05) is 12.1 Å². The number of carbonyl (C=O) groups excluding carboxylic acids is 1. The molecule has 1 amide bonds. The maximum Gasteiger partial charge on any atom is 0.251 e. The summed E-state index contributed by atoms with van der Waals surface area (Å²) in [6.45, 7) is 7.50. The van der Waals surface area contributed by atoms with Gasteiger partial charge in [0.1, 0.15) is 11.9 Å². The van der Waals surface area contributed by atoms with Gasteiger partial charge in [-0.25, -0.2) is 0 Å². The van der Waals surface area contributed by atoms with Crippen LogP contribution in [0.25, 0.3) is 0 Å². The van der Waals surface area contributed by atoms with Gasteiger partial charge in [-0.2, -0.15) is 0 Å². The number of amides is 1. The summed E-state index contributed by atoms with van der Waals surface area (Å²) in [4.78, 5) is 14.5. The highest BCUT2D eigenvalue weighted by atomic mass is 16.5. The fraction of sp³-hybridized carbons (Fsp3) is 0.526. The molecule has 132 valence electrons. The molecule has 0 bridgehead atoms.